The van der Waals surface area contributed by atoms with Crippen molar-refractivity contribution in [3.63, 3.8) is 0 Å². The fourth-order valence-corrected chi connectivity index (χ4v) is 10.7. The standard InChI is InChI=1S/C54H85NO13/c1-33-17-13-12-14-18-34(2)46(63-9)31-42-22-20-39(7)54(62,68-42)51(59)52(60)55-24-16-15-19-43(55)53(61)67-47(37(5)29-41-21-23-45(66-26-25-56)48(30-41)64-10)32-44(57)36(4)28-35(3)40(8)50(65-11)49(58)38(6)27-33/h12-14,17-18,28,33,36-43,45-48,50,56,62H,15-16,19-27,29-32H2,1-11H3/b14-12+,17-13+,34-18+,35-28+/t33-,36-,37-,38-,39-,40-,41+,42+,43+,45-,46+,47?,48-,50-,54-/m1/s1. The van der Waals surface area contributed by atoms with Crippen molar-refractivity contribution in [2.24, 2.45) is 41.4 Å². The lowest BCUT2D eigenvalue weighted by Crippen LogP contribution is -2.61. The van der Waals surface area contributed by atoms with E-state index in [1.807, 2.05) is 65.0 Å². The van der Waals surface area contributed by atoms with E-state index in [0.717, 1.165) is 24.0 Å². The number of piperidine rings is 1. The lowest BCUT2D eigenvalue weighted by molar-refractivity contribution is -0.265. The van der Waals surface area contributed by atoms with Gasteiger partial charge in [-0.15, -0.1) is 0 Å². The highest BCUT2D eigenvalue weighted by Crippen LogP contribution is 2.38. The number of hydrogen-bond acceptors (Lipinski definition) is 13. The number of aliphatic hydroxyl groups is 2. The van der Waals surface area contributed by atoms with Crippen LogP contribution >= 0.6 is 0 Å². The first kappa shape index (κ1) is 57.2. The van der Waals surface area contributed by atoms with E-state index in [1.54, 1.807) is 28.1 Å². The third kappa shape index (κ3) is 15.3. The molecule has 3 heterocycles. The van der Waals surface area contributed by atoms with Gasteiger partial charge in [-0.2, -0.15) is 0 Å². The van der Waals surface area contributed by atoms with Crippen molar-refractivity contribution in [2.45, 2.75) is 181 Å². The van der Waals surface area contributed by atoms with Crippen molar-refractivity contribution in [3.8, 4) is 0 Å². The Kier molecular flexibility index (Phi) is 23.0. The third-order valence-electron chi connectivity index (χ3n) is 15.3. The van der Waals surface area contributed by atoms with Gasteiger partial charge in [-0.05, 0) is 101 Å². The van der Waals surface area contributed by atoms with Crippen LogP contribution in [-0.4, -0.2) is 134 Å². The number of carbonyl (C=O) groups excluding carboxylic acids is 5. The molecule has 15 atom stereocenters. The van der Waals surface area contributed by atoms with Gasteiger partial charge in [0.2, 0.25) is 5.79 Å². The number of ketones is 3. The van der Waals surface area contributed by atoms with E-state index < -0.39 is 65.7 Å². The van der Waals surface area contributed by atoms with Gasteiger partial charge in [0.1, 0.15) is 24.0 Å². The second-order valence-corrected chi connectivity index (χ2v) is 20.5. The maximum atomic E-state index is 14.5. The summed E-state index contributed by atoms with van der Waals surface area (Å²) in [6, 6.07) is -1.11. The molecule has 0 aromatic rings. The van der Waals surface area contributed by atoms with Crippen LogP contribution in [0.15, 0.2) is 47.6 Å². The van der Waals surface area contributed by atoms with Crippen LogP contribution < -0.4 is 0 Å². The number of amides is 1. The average molecular weight is 956 g/mol. The number of cyclic esters (lactones) is 1. The van der Waals surface area contributed by atoms with Crippen molar-refractivity contribution >= 4 is 29.2 Å². The molecule has 2 bridgehead atoms. The third-order valence-corrected chi connectivity index (χ3v) is 15.3. The van der Waals surface area contributed by atoms with E-state index in [4.69, 9.17) is 28.4 Å². The molecule has 2 N–H and O–H groups in total. The van der Waals surface area contributed by atoms with Crippen LogP contribution in [0.4, 0.5) is 0 Å². The Balaban J connectivity index is 1.70. The first-order valence-corrected chi connectivity index (χ1v) is 25.3. The smallest absolute Gasteiger partial charge is 0.329 e. The molecular formula is C54H85NO13. The van der Waals surface area contributed by atoms with Gasteiger partial charge in [-0.25, -0.2) is 4.79 Å². The number of aliphatic hydroxyl groups excluding tert-OH is 1. The number of ether oxygens (including phenoxy) is 6. The molecule has 0 aromatic carbocycles. The molecule has 2 saturated heterocycles. The number of esters is 1. The van der Waals surface area contributed by atoms with Gasteiger partial charge < -0.3 is 43.5 Å². The van der Waals surface area contributed by atoms with Gasteiger partial charge in [-0.1, -0.05) is 83.6 Å². The molecular weight excluding hydrogens is 871 g/mol. The van der Waals surface area contributed by atoms with Crippen LogP contribution in [0.5, 0.6) is 0 Å². The molecule has 4 aliphatic rings. The predicted octanol–water partition coefficient (Wildman–Crippen LogP) is 7.47. The van der Waals surface area contributed by atoms with Crippen molar-refractivity contribution in [3.05, 3.63) is 47.6 Å². The normalized spacial score (nSPS) is 39.2. The Hall–Kier alpha value is -3.37. The predicted molar refractivity (Wildman–Crippen MR) is 259 cm³/mol. The number of nitrogens with zero attached hydrogens (tertiary/aromatic N) is 1. The van der Waals surface area contributed by atoms with E-state index in [2.05, 4.69) is 13.0 Å². The van der Waals surface area contributed by atoms with Crippen LogP contribution in [-0.2, 0) is 52.4 Å². The lowest BCUT2D eigenvalue weighted by Gasteiger charge is -2.42. The molecule has 14 nitrogen and oxygen atoms in total. The summed E-state index contributed by atoms with van der Waals surface area (Å²) in [5.41, 5.74) is 1.73. The first-order chi connectivity index (χ1) is 32.3. The second kappa shape index (κ2) is 27.3. The Bertz CT molecular complexity index is 1810. The molecule has 14 heteroatoms. The van der Waals surface area contributed by atoms with Crippen LogP contribution in [0.1, 0.15) is 132 Å². The highest BCUT2D eigenvalue weighted by Gasteiger charge is 2.53. The largest absolute Gasteiger partial charge is 0.460 e. The molecule has 3 aliphatic heterocycles. The number of Topliss-reactive ketones (excluding diaryl/α,β-unsaturated/α-hetero) is 3. The van der Waals surface area contributed by atoms with Crippen molar-refractivity contribution in [1.29, 1.82) is 0 Å². The molecule has 0 radical (unpaired) electrons. The fraction of sp³-hybridized carbons (Fsp3) is 0.759. The summed E-state index contributed by atoms with van der Waals surface area (Å²) < 4.78 is 35.9. The zero-order chi connectivity index (χ0) is 50.3. The molecule has 1 unspecified atom stereocenters. The van der Waals surface area contributed by atoms with E-state index >= 15 is 0 Å². The molecule has 1 aliphatic carbocycles. The number of carbonyl (C=O) groups is 5. The average Bonchev–Trinajstić information content (AvgIpc) is 3.32. The molecule has 3 fully saturated rings. The monoisotopic (exact) mass is 956 g/mol. The SMILES string of the molecule is CO[C@H]1C[C@@H]2CC[C@@H](C)[C@@](O)(O2)C(=O)C(=O)N2CCCC[C@H]2C(=O)OC([C@H](C)C[C@@H]2CC[C@@H](OCCO)[C@H](OC)C2)CC(=O)[C@H](C)/C=C(\C)[C@@H](C)[C@@H](OC)C(=O)[C@H](C)C[C@H](C)/C=C/C=C/C=C/1C. The second-order valence-electron chi connectivity index (χ2n) is 20.5. The number of allylic oxidation sites excluding steroid dienone is 6. The van der Waals surface area contributed by atoms with Gasteiger partial charge in [0.25, 0.3) is 11.7 Å². The summed E-state index contributed by atoms with van der Waals surface area (Å²) in [4.78, 5) is 72.5. The Labute approximate surface area is 406 Å². The van der Waals surface area contributed by atoms with Gasteiger partial charge in [0.15, 0.2) is 5.78 Å². The van der Waals surface area contributed by atoms with Crippen LogP contribution in [0.3, 0.4) is 0 Å². The van der Waals surface area contributed by atoms with Crippen LogP contribution in [0.25, 0.3) is 0 Å². The van der Waals surface area contributed by atoms with Gasteiger partial charge in [0.05, 0.1) is 37.6 Å². The number of hydrogen-bond donors (Lipinski definition) is 2. The van der Waals surface area contributed by atoms with E-state index in [9.17, 15) is 34.2 Å². The van der Waals surface area contributed by atoms with Crippen molar-refractivity contribution < 1.29 is 62.6 Å². The zero-order valence-electron chi connectivity index (χ0n) is 43.0. The number of methoxy groups -OCH3 is 3. The minimum Gasteiger partial charge on any atom is -0.460 e. The summed E-state index contributed by atoms with van der Waals surface area (Å²) >= 11 is 0. The van der Waals surface area contributed by atoms with Crippen LogP contribution in [0.2, 0.25) is 0 Å². The number of rotatable bonds is 9. The fourth-order valence-electron chi connectivity index (χ4n) is 10.7. The van der Waals surface area contributed by atoms with Crippen molar-refractivity contribution in [2.75, 3.05) is 41.1 Å². The minimum atomic E-state index is -2.42. The Morgan fingerprint density at radius 1 is 0.838 bits per heavy atom. The molecule has 1 saturated carbocycles. The van der Waals surface area contributed by atoms with Gasteiger partial charge in [0, 0.05) is 64.4 Å². The molecule has 4 rings (SSSR count). The topological polar surface area (TPSA) is 184 Å². The van der Waals surface area contributed by atoms with Gasteiger partial charge >= 0.3 is 5.97 Å². The first-order valence-electron chi connectivity index (χ1n) is 25.3. The Morgan fingerprint density at radius 2 is 1.57 bits per heavy atom. The molecule has 0 aromatic heterocycles. The van der Waals surface area contributed by atoms with E-state index in [1.165, 1.54) is 12.0 Å². The maximum absolute atomic E-state index is 14.5. The van der Waals surface area contributed by atoms with E-state index in [-0.39, 0.29) is 86.0 Å². The van der Waals surface area contributed by atoms with Gasteiger partial charge in [-0.3, -0.25) is 19.2 Å². The van der Waals surface area contributed by atoms with E-state index in [0.29, 0.717) is 51.4 Å². The maximum Gasteiger partial charge on any atom is 0.329 e. The summed E-state index contributed by atoms with van der Waals surface area (Å²) in [7, 11) is 4.78. The molecule has 0 spiro atoms. The highest BCUT2D eigenvalue weighted by atomic mass is 16.6. The molecule has 1 amide bonds. The molecule has 68 heavy (non-hydrogen) atoms. The Morgan fingerprint density at radius 3 is 2.25 bits per heavy atom. The number of fused-ring (bicyclic) bond motifs is 3. The lowest BCUT2D eigenvalue weighted by atomic mass is 9.78. The van der Waals surface area contributed by atoms with Crippen molar-refractivity contribution in [1.82, 2.24) is 4.90 Å². The quantitative estimate of drug-likeness (QED) is 0.132. The summed E-state index contributed by atoms with van der Waals surface area (Å²) in [5.74, 6) is -7.32. The summed E-state index contributed by atoms with van der Waals surface area (Å²) in [6.07, 6.45) is 14.8. The zero-order valence-corrected chi connectivity index (χ0v) is 43.0. The van der Waals surface area contributed by atoms with Crippen LogP contribution in [0, 0.1) is 41.4 Å². The molecule has 384 valence electrons. The summed E-state index contributed by atoms with van der Waals surface area (Å²) in [6.45, 7) is 15.5. The highest BCUT2D eigenvalue weighted by molar-refractivity contribution is 6.39. The minimum absolute atomic E-state index is 0.00654. The summed E-state index contributed by atoms with van der Waals surface area (Å²) in [5, 5.41) is 21.3.